The largest absolute Gasteiger partial charge is 0.477 e. The van der Waals surface area contributed by atoms with Gasteiger partial charge in [0, 0.05) is 6.42 Å². The summed E-state index contributed by atoms with van der Waals surface area (Å²) in [7, 11) is 0. The van der Waals surface area contributed by atoms with E-state index in [2.05, 4.69) is 29.2 Å². The van der Waals surface area contributed by atoms with Crippen LogP contribution in [-0.2, 0) is 6.42 Å². The van der Waals surface area contributed by atoms with Gasteiger partial charge in [-0.3, -0.25) is 0 Å². The summed E-state index contributed by atoms with van der Waals surface area (Å²) in [6.07, 6.45) is 6.58. The van der Waals surface area contributed by atoms with E-state index in [-0.39, 0.29) is 0 Å². The van der Waals surface area contributed by atoms with Crippen molar-refractivity contribution in [2.75, 3.05) is 12.0 Å². The molecule has 1 aromatic rings. The Kier molecular flexibility index (Phi) is 7.18. The zero-order valence-electron chi connectivity index (χ0n) is 12.3. The van der Waals surface area contributed by atoms with E-state index in [1.165, 1.54) is 19.3 Å². The van der Waals surface area contributed by atoms with Crippen molar-refractivity contribution in [1.29, 1.82) is 0 Å². The molecule has 0 atom stereocenters. The summed E-state index contributed by atoms with van der Waals surface area (Å²) in [5.74, 6) is 7.58. The van der Waals surface area contributed by atoms with E-state index in [4.69, 9.17) is 10.6 Å². The number of rotatable bonds is 9. The molecule has 0 saturated carbocycles. The highest BCUT2D eigenvalue weighted by atomic mass is 16.5. The van der Waals surface area contributed by atoms with E-state index >= 15 is 0 Å². The number of hydrogen-bond acceptors (Lipinski definition) is 5. The van der Waals surface area contributed by atoms with Crippen LogP contribution in [0.3, 0.4) is 0 Å². The minimum atomic E-state index is 0.655. The summed E-state index contributed by atoms with van der Waals surface area (Å²) >= 11 is 0. The molecular weight excluding hydrogens is 240 g/mol. The van der Waals surface area contributed by atoms with Crippen LogP contribution in [0.15, 0.2) is 0 Å². The molecule has 0 saturated heterocycles. The number of unbranched alkanes of at least 4 members (excludes halogenated alkanes) is 3. The van der Waals surface area contributed by atoms with E-state index in [9.17, 15) is 0 Å². The number of aromatic nitrogens is 2. The average molecular weight is 266 g/mol. The van der Waals surface area contributed by atoms with Gasteiger partial charge in [-0.25, -0.2) is 10.8 Å². The molecule has 0 amide bonds. The van der Waals surface area contributed by atoms with Crippen LogP contribution in [0.5, 0.6) is 5.88 Å². The molecule has 108 valence electrons. The molecule has 0 unspecified atom stereocenters. The normalized spacial score (nSPS) is 10.5. The maximum Gasteiger partial charge on any atom is 0.221 e. The lowest BCUT2D eigenvalue weighted by Gasteiger charge is -2.12. The van der Waals surface area contributed by atoms with Crippen molar-refractivity contribution in [3.05, 3.63) is 11.4 Å². The maximum atomic E-state index is 5.77. The number of nitrogen functional groups attached to an aromatic ring is 1. The van der Waals surface area contributed by atoms with Crippen LogP contribution in [0.2, 0.25) is 0 Å². The zero-order valence-corrected chi connectivity index (χ0v) is 12.3. The van der Waals surface area contributed by atoms with Gasteiger partial charge in [-0.1, -0.05) is 33.1 Å². The third kappa shape index (κ3) is 5.03. The molecule has 0 bridgehead atoms. The van der Waals surface area contributed by atoms with E-state index in [1.54, 1.807) is 0 Å². The Balaban J connectivity index is 2.66. The molecule has 0 aliphatic heterocycles. The molecule has 0 aliphatic carbocycles. The number of anilines is 1. The van der Waals surface area contributed by atoms with Crippen LogP contribution >= 0.6 is 0 Å². The summed E-state index contributed by atoms with van der Waals surface area (Å²) in [5.41, 5.74) is 3.49. The summed E-state index contributed by atoms with van der Waals surface area (Å²) < 4.78 is 5.77. The molecule has 0 radical (unpaired) electrons. The lowest BCUT2D eigenvalue weighted by molar-refractivity contribution is 0.290. The van der Waals surface area contributed by atoms with Gasteiger partial charge in [0.05, 0.1) is 12.2 Å². The number of nitrogens with one attached hydrogen (secondary N) is 1. The number of hydrazine groups is 1. The Labute approximate surface area is 115 Å². The highest BCUT2D eigenvalue weighted by Crippen LogP contribution is 2.22. The molecule has 0 aromatic carbocycles. The lowest BCUT2D eigenvalue weighted by atomic mass is 10.2. The molecule has 1 aromatic heterocycles. The Hall–Kier alpha value is -1.36. The van der Waals surface area contributed by atoms with Crippen molar-refractivity contribution in [2.24, 2.45) is 5.84 Å². The second kappa shape index (κ2) is 8.69. The standard InChI is InChI=1S/C14H26N4O/c1-4-6-7-8-10-19-14-11(3)13(18-15)16-12(17-14)9-5-2/h4-10,15H2,1-3H3,(H,16,17,18). The number of nitrogens with two attached hydrogens (primary N) is 1. The molecule has 5 heteroatoms. The third-order valence-corrected chi connectivity index (χ3v) is 2.99. The second-order valence-electron chi connectivity index (χ2n) is 4.72. The first-order chi connectivity index (χ1) is 9.22. The smallest absolute Gasteiger partial charge is 0.221 e. The van der Waals surface area contributed by atoms with Crippen molar-refractivity contribution in [3.8, 4) is 5.88 Å². The van der Waals surface area contributed by atoms with Gasteiger partial charge in [0.1, 0.15) is 11.6 Å². The molecule has 0 spiro atoms. The van der Waals surface area contributed by atoms with Gasteiger partial charge in [-0.2, -0.15) is 4.98 Å². The second-order valence-corrected chi connectivity index (χ2v) is 4.72. The van der Waals surface area contributed by atoms with Crippen molar-refractivity contribution in [1.82, 2.24) is 9.97 Å². The van der Waals surface area contributed by atoms with Gasteiger partial charge in [0.25, 0.3) is 0 Å². The first kappa shape index (κ1) is 15.7. The summed E-state index contributed by atoms with van der Waals surface area (Å²) in [6.45, 7) is 6.93. The van der Waals surface area contributed by atoms with Crippen molar-refractivity contribution >= 4 is 5.82 Å². The topological polar surface area (TPSA) is 73.1 Å². The predicted octanol–water partition coefficient (Wildman–Crippen LogP) is 2.98. The maximum absolute atomic E-state index is 5.77. The van der Waals surface area contributed by atoms with Crippen LogP contribution in [0, 0.1) is 6.92 Å². The molecule has 0 aliphatic rings. The average Bonchev–Trinajstić information content (AvgIpc) is 2.41. The molecule has 1 rings (SSSR count). The Morgan fingerprint density at radius 1 is 1.11 bits per heavy atom. The van der Waals surface area contributed by atoms with Crippen LogP contribution in [0.4, 0.5) is 5.82 Å². The Bertz CT molecular complexity index is 382. The van der Waals surface area contributed by atoms with Crippen LogP contribution in [0.25, 0.3) is 0 Å². The fourth-order valence-electron chi connectivity index (χ4n) is 1.85. The molecule has 3 N–H and O–H groups in total. The van der Waals surface area contributed by atoms with Crippen molar-refractivity contribution in [2.45, 2.75) is 59.3 Å². The van der Waals surface area contributed by atoms with Crippen molar-refractivity contribution < 1.29 is 4.74 Å². The molecular formula is C14H26N4O. The molecule has 0 fully saturated rings. The fraction of sp³-hybridized carbons (Fsp3) is 0.714. The van der Waals surface area contributed by atoms with Gasteiger partial charge in [0.15, 0.2) is 0 Å². The van der Waals surface area contributed by atoms with Gasteiger partial charge < -0.3 is 10.2 Å². The number of hydrogen-bond donors (Lipinski definition) is 2. The van der Waals surface area contributed by atoms with E-state index in [0.717, 1.165) is 30.7 Å². The minimum Gasteiger partial charge on any atom is -0.477 e. The number of nitrogens with zero attached hydrogens (tertiary/aromatic N) is 2. The first-order valence-corrected chi connectivity index (χ1v) is 7.19. The predicted molar refractivity (Wildman–Crippen MR) is 78.2 cm³/mol. The third-order valence-electron chi connectivity index (χ3n) is 2.99. The Morgan fingerprint density at radius 2 is 1.89 bits per heavy atom. The van der Waals surface area contributed by atoms with Gasteiger partial charge in [-0.15, -0.1) is 0 Å². The fourth-order valence-corrected chi connectivity index (χ4v) is 1.85. The van der Waals surface area contributed by atoms with Gasteiger partial charge >= 0.3 is 0 Å². The van der Waals surface area contributed by atoms with Crippen LogP contribution < -0.4 is 16.0 Å². The first-order valence-electron chi connectivity index (χ1n) is 7.19. The quantitative estimate of drug-likeness (QED) is 0.408. The van der Waals surface area contributed by atoms with Gasteiger partial charge in [0.2, 0.25) is 5.88 Å². The molecule has 19 heavy (non-hydrogen) atoms. The van der Waals surface area contributed by atoms with E-state index in [0.29, 0.717) is 18.3 Å². The summed E-state index contributed by atoms with van der Waals surface area (Å²) in [4.78, 5) is 8.83. The number of ether oxygens (including phenoxy) is 1. The monoisotopic (exact) mass is 266 g/mol. The molecule has 5 nitrogen and oxygen atoms in total. The lowest BCUT2D eigenvalue weighted by Crippen LogP contribution is -2.14. The van der Waals surface area contributed by atoms with Crippen LogP contribution in [-0.4, -0.2) is 16.6 Å². The highest BCUT2D eigenvalue weighted by molar-refractivity contribution is 5.47. The summed E-state index contributed by atoms with van der Waals surface area (Å²) in [5, 5.41) is 0. The summed E-state index contributed by atoms with van der Waals surface area (Å²) in [6, 6.07) is 0. The van der Waals surface area contributed by atoms with E-state index < -0.39 is 0 Å². The van der Waals surface area contributed by atoms with E-state index in [1.807, 2.05) is 6.92 Å². The minimum absolute atomic E-state index is 0.655. The number of aryl methyl sites for hydroxylation is 1. The van der Waals surface area contributed by atoms with Crippen LogP contribution in [0.1, 0.15) is 57.3 Å². The highest BCUT2D eigenvalue weighted by Gasteiger charge is 2.10. The molecule has 1 heterocycles. The van der Waals surface area contributed by atoms with Gasteiger partial charge in [-0.05, 0) is 19.8 Å². The SMILES string of the molecule is CCCCCCOc1nc(CCC)nc(NN)c1C. The zero-order chi connectivity index (χ0) is 14.1. The Morgan fingerprint density at radius 3 is 2.53 bits per heavy atom. The van der Waals surface area contributed by atoms with Crippen molar-refractivity contribution in [3.63, 3.8) is 0 Å².